The first kappa shape index (κ1) is 28.2. The predicted octanol–water partition coefficient (Wildman–Crippen LogP) is 5.03. The molecule has 27 heavy (non-hydrogen) atoms. The quantitative estimate of drug-likeness (QED) is 0.276. The van der Waals surface area contributed by atoms with Gasteiger partial charge in [0, 0.05) is 6.54 Å². The standard InChI is InChI=1S/C20H40N2O4.ClH/c1-2-3-4-5-6-7-8-9-10-11-12-13-14-15-16-26-20(25)22-17-18(21)19(23)24;/h18H,2-17,21H2,1H3,(H,22,25)(H,23,24);1H/t18-;/m0./s1. The van der Waals surface area contributed by atoms with Gasteiger partial charge in [-0.05, 0) is 6.42 Å². The summed E-state index contributed by atoms with van der Waals surface area (Å²) in [4.78, 5) is 21.8. The molecule has 6 nitrogen and oxygen atoms in total. The number of aliphatic carboxylic acids is 1. The molecule has 0 bridgehead atoms. The number of nitrogens with one attached hydrogen (secondary N) is 1. The van der Waals surface area contributed by atoms with Crippen LogP contribution in [0.5, 0.6) is 0 Å². The average molecular weight is 409 g/mol. The van der Waals surface area contributed by atoms with Crippen LogP contribution in [0.4, 0.5) is 4.79 Å². The van der Waals surface area contributed by atoms with Gasteiger partial charge in [-0.25, -0.2) is 4.79 Å². The number of nitrogens with two attached hydrogens (primary N) is 1. The van der Waals surface area contributed by atoms with E-state index in [9.17, 15) is 9.59 Å². The monoisotopic (exact) mass is 408 g/mol. The highest BCUT2D eigenvalue weighted by atomic mass is 35.5. The molecule has 0 saturated heterocycles. The third-order valence-electron chi connectivity index (χ3n) is 4.51. The number of carbonyl (C=O) groups is 2. The van der Waals surface area contributed by atoms with E-state index in [-0.39, 0.29) is 19.0 Å². The molecule has 4 N–H and O–H groups in total. The molecule has 1 atom stereocenters. The van der Waals surface area contributed by atoms with E-state index in [4.69, 9.17) is 15.6 Å². The van der Waals surface area contributed by atoms with Gasteiger partial charge in [0.15, 0.2) is 0 Å². The lowest BCUT2D eigenvalue weighted by atomic mass is 10.0. The van der Waals surface area contributed by atoms with Crippen LogP contribution in [0.15, 0.2) is 0 Å². The summed E-state index contributed by atoms with van der Waals surface area (Å²) < 4.78 is 4.98. The maximum Gasteiger partial charge on any atom is 0.407 e. The number of amides is 1. The topological polar surface area (TPSA) is 102 Å². The second-order valence-corrected chi connectivity index (χ2v) is 7.06. The maximum absolute atomic E-state index is 11.3. The molecule has 7 heteroatoms. The summed E-state index contributed by atoms with van der Waals surface area (Å²) in [5.41, 5.74) is 5.28. The van der Waals surface area contributed by atoms with E-state index in [1.165, 1.54) is 77.0 Å². The third-order valence-corrected chi connectivity index (χ3v) is 4.51. The van der Waals surface area contributed by atoms with Crippen LogP contribution in [-0.2, 0) is 9.53 Å². The lowest BCUT2D eigenvalue weighted by Crippen LogP contribution is -2.42. The number of alkyl carbamates (subject to hydrolysis) is 1. The van der Waals surface area contributed by atoms with Gasteiger partial charge in [0.05, 0.1) is 6.61 Å². The van der Waals surface area contributed by atoms with Crippen molar-refractivity contribution in [2.75, 3.05) is 13.2 Å². The van der Waals surface area contributed by atoms with Crippen LogP contribution in [0.3, 0.4) is 0 Å². The number of carboxylic acids is 1. The fourth-order valence-corrected chi connectivity index (χ4v) is 2.79. The molecule has 0 heterocycles. The predicted molar refractivity (Wildman–Crippen MR) is 113 cm³/mol. The summed E-state index contributed by atoms with van der Waals surface area (Å²) in [7, 11) is 0. The van der Waals surface area contributed by atoms with Crippen molar-refractivity contribution in [3.05, 3.63) is 0 Å². The fourth-order valence-electron chi connectivity index (χ4n) is 2.79. The Labute approximate surface area is 171 Å². The number of carbonyl (C=O) groups excluding carboxylic acids is 1. The smallest absolute Gasteiger partial charge is 0.407 e. The first-order valence-electron chi connectivity index (χ1n) is 10.5. The van der Waals surface area contributed by atoms with Crippen LogP contribution < -0.4 is 11.1 Å². The SMILES string of the molecule is CCCCCCCCCCCCCCCCOC(=O)NC[C@H](N)C(=O)O.Cl. The van der Waals surface area contributed by atoms with Gasteiger partial charge in [-0.2, -0.15) is 0 Å². The minimum absolute atomic E-state index is 0. The number of unbranched alkanes of at least 4 members (excludes halogenated alkanes) is 13. The van der Waals surface area contributed by atoms with E-state index in [1.54, 1.807) is 0 Å². The fraction of sp³-hybridized carbons (Fsp3) is 0.900. The number of halogens is 1. The Morgan fingerprint density at radius 3 is 1.67 bits per heavy atom. The normalized spacial score (nSPS) is 11.5. The zero-order valence-electron chi connectivity index (χ0n) is 17.0. The van der Waals surface area contributed by atoms with Gasteiger partial charge in [-0.1, -0.05) is 90.4 Å². The van der Waals surface area contributed by atoms with E-state index < -0.39 is 18.1 Å². The molecule has 0 radical (unpaired) electrons. The van der Waals surface area contributed by atoms with E-state index in [0.717, 1.165) is 12.8 Å². The molecule has 0 aliphatic heterocycles. The molecule has 0 aromatic heterocycles. The van der Waals surface area contributed by atoms with Crippen molar-refractivity contribution in [3.63, 3.8) is 0 Å². The van der Waals surface area contributed by atoms with Gasteiger partial charge in [0.2, 0.25) is 0 Å². The summed E-state index contributed by atoms with van der Waals surface area (Å²) in [6.45, 7) is 2.50. The highest BCUT2D eigenvalue weighted by Gasteiger charge is 2.12. The van der Waals surface area contributed by atoms with Crippen molar-refractivity contribution in [2.45, 2.75) is 103 Å². The minimum atomic E-state index is -1.14. The maximum atomic E-state index is 11.3. The second-order valence-electron chi connectivity index (χ2n) is 7.06. The molecular formula is C20H41ClN2O4. The Kier molecular flexibility index (Phi) is 22.2. The van der Waals surface area contributed by atoms with Crippen molar-refractivity contribution in [2.24, 2.45) is 5.73 Å². The third kappa shape index (κ3) is 21.2. The van der Waals surface area contributed by atoms with Crippen LogP contribution in [0, 0.1) is 0 Å². The molecule has 0 saturated carbocycles. The number of rotatable bonds is 18. The van der Waals surface area contributed by atoms with Crippen molar-refractivity contribution >= 4 is 24.5 Å². The summed E-state index contributed by atoms with van der Waals surface area (Å²) >= 11 is 0. The van der Waals surface area contributed by atoms with Crippen molar-refractivity contribution < 1.29 is 19.4 Å². The van der Waals surface area contributed by atoms with Crippen LogP contribution in [-0.4, -0.2) is 36.4 Å². The van der Waals surface area contributed by atoms with Gasteiger partial charge in [-0.3, -0.25) is 4.79 Å². The molecule has 1 amide bonds. The first-order chi connectivity index (χ1) is 12.6. The van der Waals surface area contributed by atoms with E-state index in [0.29, 0.717) is 6.61 Å². The molecule has 0 aromatic rings. The second kappa shape index (κ2) is 21.3. The number of ether oxygens (including phenoxy) is 1. The summed E-state index contributed by atoms with van der Waals surface area (Å²) in [5, 5.41) is 10.9. The van der Waals surface area contributed by atoms with Crippen molar-refractivity contribution in [3.8, 4) is 0 Å². The molecule has 162 valence electrons. The minimum Gasteiger partial charge on any atom is -0.480 e. The Hall–Kier alpha value is -1.01. The Morgan fingerprint density at radius 2 is 1.26 bits per heavy atom. The molecular weight excluding hydrogens is 368 g/mol. The number of carboxylic acid groups (broad SMARTS) is 1. The van der Waals surface area contributed by atoms with Gasteiger partial charge in [0.1, 0.15) is 6.04 Å². The average Bonchev–Trinajstić information content (AvgIpc) is 2.62. The van der Waals surface area contributed by atoms with Crippen molar-refractivity contribution in [1.29, 1.82) is 0 Å². The summed E-state index contributed by atoms with van der Waals surface area (Å²) in [6, 6.07) is -1.09. The molecule has 0 aromatic carbocycles. The van der Waals surface area contributed by atoms with Crippen LogP contribution in [0.1, 0.15) is 96.8 Å². The lowest BCUT2D eigenvalue weighted by Gasteiger charge is -2.09. The molecule has 0 aliphatic rings. The highest BCUT2D eigenvalue weighted by molar-refractivity contribution is 5.85. The Balaban J connectivity index is 0. The van der Waals surface area contributed by atoms with E-state index in [2.05, 4.69) is 12.2 Å². The van der Waals surface area contributed by atoms with Gasteiger partial charge >= 0.3 is 12.1 Å². The Morgan fingerprint density at radius 1 is 0.852 bits per heavy atom. The van der Waals surface area contributed by atoms with Crippen LogP contribution in [0.2, 0.25) is 0 Å². The number of hydrogen-bond donors (Lipinski definition) is 3. The van der Waals surface area contributed by atoms with E-state index >= 15 is 0 Å². The van der Waals surface area contributed by atoms with Crippen molar-refractivity contribution in [1.82, 2.24) is 5.32 Å². The van der Waals surface area contributed by atoms with Gasteiger partial charge < -0.3 is 20.9 Å². The Bertz CT molecular complexity index is 357. The van der Waals surface area contributed by atoms with E-state index in [1.807, 2.05) is 0 Å². The van der Waals surface area contributed by atoms with Gasteiger partial charge in [0.25, 0.3) is 0 Å². The number of hydrogen-bond acceptors (Lipinski definition) is 4. The first-order valence-corrected chi connectivity index (χ1v) is 10.5. The lowest BCUT2D eigenvalue weighted by molar-refractivity contribution is -0.138. The highest BCUT2D eigenvalue weighted by Crippen LogP contribution is 2.12. The summed E-state index contributed by atoms with van der Waals surface area (Å²) in [6.07, 6.45) is 17.4. The largest absolute Gasteiger partial charge is 0.480 e. The molecule has 0 aliphatic carbocycles. The zero-order valence-corrected chi connectivity index (χ0v) is 17.9. The molecule has 0 fully saturated rings. The summed E-state index contributed by atoms with van der Waals surface area (Å²) in [5.74, 6) is -1.14. The van der Waals surface area contributed by atoms with Gasteiger partial charge in [-0.15, -0.1) is 12.4 Å². The molecule has 0 rings (SSSR count). The zero-order chi connectivity index (χ0) is 19.5. The van der Waals surface area contributed by atoms with Crippen LogP contribution in [0.25, 0.3) is 0 Å². The van der Waals surface area contributed by atoms with Crippen LogP contribution >= 0.6 is 12.4 Å². The molecule has 0 unspecified atom stereocenters. The molecule has 0 spiro atoms.